The van der Waals surface area contributed by atoms with E-state index < -0.39 is 0 Å². The summed E-state index contributed by atoms with van der Waals surface area (Å²) in [4.78, 5) is 0. The topological polar surface area (TPSA) is 18.5 Å². The first-order valence-electron chi connectivity index (χ1n) is 5.18. The maximum Gasteiger partial charge on any atom is 0.158 e. The summed E-state index contributed by atoms with van der Waals surface area (Å²) in [6, 6.07) is 10.2. The molecule has 0 N–H and O–H groups in total. The number of hydrogen-bond acceptors (Lipinski definition) is 2. The van der Waals surface area contributed by atoms with E-state index in [1.807, 2.05) is 18.2 Å². The van der Waals surface area contributed by atoms with E-state index in [4.69, 9.17) is 9.47 Å². The zero-order valence-corrected chi connectivity index (χ0v) is 8.48. The molecule has 0 bridgehead atoms. The third-order valence-electron chi connectivity index (χ3n) is 2.51. The number of ether oxygens (including phenoxy) is 2. The molecule has 0 aliphatic carbocycles. The van der Waals surface area contributed by atoms with E-state index in [1.165, 1.54) is 5.56 Å². The Kier molecular flexibility index (Phi) is 3.17. The largest absolute Gasteiger partial charge is 0.353 e. The molecule has 1 aliphatic heterocycles. The summed E-state index contributed by atoms with van der Waals surface area (Å²) in [6.45, 7) is 2.91. The molecule has 1 heterocycles. The van der Waals surface area contributed by atoms with Gasteiger partial charge in [-0.25, -0.2) is 0 Å². The molecule has 1 aromatic rings. The van der Waals surface area contributed by atoms with Crippen LogP contribution in [0.1, 0.15) is 31.4 Å². The molecule has 0 unspecified atom stereocenters. The van der Waals surface area contributed by atoms with E-state index in [-0.39, 0.29) is 12.4 Å². The fourth-order valence-corrected chi connectivity index (χ4v) is 1.69. The Morgan fingerprint density at radius 3 is 2.79 bits per heavy atom. The summed E-state index contributed by atoms with van der Waals surface area (Å²) >= 11 is 0. The fraction of sp³-hybridized carbons (Fsp3) is 0.500. The van der Waals surface area contributed by atoms with Gasteiger partial charge in [0.05, 0.1) is 6.10 Å². The second-order valence-electron chi connectivity index (χ2n) is 3.63. The first-order chi connectivity index (χ1) is 6.86. The Morgan fingerprint density at radius 1 is 1.36 bits per heavy atom. The Balaban J connectivity index is 1.92. The van der Waals surface area contributed by atoms with Crippen molar-refractivity contribution in [2.75, 3.05) is 6.61 Å². The van der Waals surface area contributed by atoms with Crippen molar-refractivity contribution in [3.05, 3.63) is 35.9 Å². The average Bonchev–Trinajstić information content (AvgIpc) is 2.72. The van der Waals surface area contributed by atoms with Crippen molar-refractivity contribution < 1.29 is 9.47 Å². The third-order valence-corrected chi connectivity index (χ3v) is 2.51. The number of rotatable bonds is 3. The predicted molar refractivity (Wildman–Crippen MR) is 54.9 cm³/mol. The van der Waals surface area contributed by atoms with Crippen molar-refractivity contribution >= 4 is 0 Å². The van der Waals surface area contributed by atoms with Gasteiger partial charge < -0.3 is 9.47 Å². The van der Waals surface area contributed by atoms with Crippen LogP contribution in [0, 0.1) is 0 Å². The summed E-state index contributed by atoms with van der Waals surface area (Å²) in [6.07, 6.45) is 2.27. The van der Waals surface area contributed by atoms with E-state index in [2.05, 4.69) is 19.1 Å². The van der Waals surface area contributed by atoms with Gasteiger partial charge in [0.2, 0.25) is 0 Å². The minimum absolute atomic E-state index is 0.00482. The lowest BCUT2D eigenvalue weighted by molar-refractivity contribution is -0.140. The van der Waals surface area contributed by atoms with Crippen LogP contribution in [0.2, 0.25) is 0 Å². The lowest BCUT2D eigenvalue weighted by Crippen LogP contribution is -2.13. The zero-order valence-electron chi connectivity index (χ0n) is 8.48. The van der Waals surface area contributed by atoms with Gasteiger partial charge in [-0.3, -0.25) is 0 Å². The first kappa shape index (κ1) is 9.69. The second kappa shape index (κ2) is 4.58. The van der Waals surface area contributed by atoms with Gasteiger partial charge in [0.1, 0.15) is 0 Å². The van der Waals surface area contributed by atoms with Gasteiger partial charge in [-0.1, -0.05) is 30.3 Å². The standard InChI is InChI=1S/C12H16O2/c1-10(11-6-3-2-4-7-11)14-12-8-5-9-13-12/h2-4,6-7,10,12H,5,8-9H2,1H3/t10-,12-/m0/s1. The molecule has 2 nitrogen and oxygen atoms in total. The average molecular weight is 192 g/mol. The van der Waals surface area contributed by atoms with Crippen LogP contribution in [0.4, 0.5) is 0 Å². The molecule has 0 spiro atoms. The van der Waals surface area contributed by atoms with Crippen LogP contribution in [0.25, 0.3) is 0 Å². The smallest absolute Gasteiger partial charge is 0.158 e. The SMILES string of the molecule is C[C@H](O[C@H]1CCCO1)c1ccccc1. The van der Waals surface area contributed by atoms with E-state index in [0.717, 1.165) is 19.4 Å². The molecule has 0 saturated carbocycles. The maximum absolute atomic E-state index is 5.78. The molecule has 1 aliphatic rings. The number of hydrogen-bond donors (Lipinski definition) is 0. The summed E-state index contributed by atoms with van der Waals surface area (Å²) in [5, 5.41) is 0. The van der Waals surface area contributed by atoms with Crippen LogP contribution in [-0.4, -0.2) is 12.9 Å². The Labute approximate surface area is 84.8 Å². The minimum Gasteiger partial charge on any atom is -0.353 e. The summed E-state index contributed by atoms with van der Waals surface area (Å²) in [5.74, 6) is 0. The van der Waals surface area contributed by atoms with Crippen molar-refractivity contribution in [1.82, 2.24) is 0 Å². The van der Waals surface area contributed by atoms with Crippen LogP contribution < -0.4 is 0 Å². The van der Waals surface area contributed by atoms with Crippen molar-refractivity contribution in [3.8, 4) is 0 Å². The van der Waals surface area contributed by atoms with Gasteiger partial charge in [-0.2, -0.15) is 0 Å². The van der Waals surface area contributed by atoms with Crippen molar-refractivity contribution in [2.45, 2.75) is 32.2 Å². The quantitative estimate of drug-likeness (QED) is 0.733. The fourth-order valence-electron chi connectivity index (χ4n) is 1.69. The lowest BCUT2D eigenvalue weighted by atomic mass is 10.1. The van der Waals surface area contributed by atoms with E-state index in [1.54, 1.807) is 0 Å². The van der Waals surface area contributed by atoms with Crippen LogP contribution >= 0.6 is 0 Å². The molecule has 1 aromatic carbocycles. The monoisotopic (exact) mass is 192 g/mol. The highest BCUT2D eigenvalue weighted by Crippen LogP contribution is 2.23. The van der Waals surface area contributed by atoms with Gasteiger partial charge in [-0.05, 0) is 18.9 Å². The molecular formula is C12H16O2. The predicted octanol–water partition coefficient (Wildman–Crippen LogP) is 2.90. The summed E-state index contributed by atoms with van der Waals surface area (Å²) < 4.78 is 11.2. The molecule has 2 rings (SSSR count). The third kappa shape index (κ3) is 2.34. The Morgan fingerprint density at radius 2 is 2.14 bits per heavy atom. The van der Waals surface area contributed by atoms with E-state index >= 15 is 0 Å². The lowest BCUT2D eigenvalue weighted by Gasteiger charge is -2.17. The van der Waals surface area contributed by atoms with E-state index in [9.17, 15) is 0 Å². The van der Waals surface area contributed by atoms with Crippen LogP contribution in [0.3, 0.4) is 0 Å². The highest BCUT2D eigenvalue weighted by molar-refractivity contribution is 5.16. The minimum atomic E-state index is 0.00482. The number of benzene rings is 1. The van der Waals surface area contributed by atoms with Gasteiger partial charge in [-0.15, -0.1) is 0 Å². The summed E-state index contributed by atoms with van der Waals surface area (Å²) in [5.41, 5.74) is 1.21. The van der Waals surface area contributed by atoms with Gasteiger partial charge in [0.25, 0.3) is 0 Å². The molecule has 0 amide bonds. The van der Waals surface area contributed by atoms with Crippen LogP contribution in [-0.2, 0) is 9.47 Å². The highest BCUT2D eigenvalue weighted by Gasteiger charge is 2.19. The zero-order chi connectivity index (χ0) is 9.80. The van der Waals surface area contributed by atoms with Crippen LogP contribution in [0.15, 0.2) is 30.3 Å². The molecule has 14 heavy (non-hydrogen) atoms. The van der Waals surface area contributed by atoms with Crippen LogP contribution in [0.5, 0.6) is 0 Å². The normalized spacial score (nSPS) is 23.6. The molecule has 1 fully saturated rings. The second-order valence-corrected chi connectivity index (χ2v) is 3.63. The molecule has 0 radical (unpaired) electrons. The Hall–Kier alpha value is -0.860. The van der Waals surface area contributed by atoms with Crippen molar-refractivity contribution in [3.63, 3.8) is 0 Å². The van der Waals surface area contributed by atoms with Gasteiger partial charge in [0, 0.05) is 13.0 Å². The molecular weight excluding hydrogens is 176 g/mol. The summed E-state index contributed by atoms with van der Waals surface area (Å²) in [7, 11) is 0. The maximum atomic E-state index is 5.78. The van der Waals surface area contributed by atoms with Crippen molar-refractivity contribution in [1.29, 1.82) is 0 Å². The first-order valence-corrected chi connectivity index (χ1v) is 5.18. The highest BCUT2D eigenvalue weighted by atomic mass is 16.7. The van der Waals surface area contributed by atoms with Crippen molar-refractivity contribution in [2.24, 2.45) is 0 Å². The molecule has 1 saturated heterocycles. The Bertz CT molecular complexity index is 265. The van der Waals surface area contributed by atoms with E-state index in [0.29, 0.717) is 0 Å². The van der Waals surface area contributed by atoms with Gasteiger partial charge in [0.15, 0.2) is 6.29 Å². The molecule has 2 heteroatoms. The van der Waals surface area contributed by atoms with Gasteiger partial charge >= 0.3 is 0 Å². The molecule has 0 aromatic heterocycles. The molecule has 2 atom stereocenters. The molecule has 76 valence electrons.